The molecule has 0 saturated heterocycles. The summed E-state index contributed by atoms with van der Waals surface area (Å²) in [5, 5.41) is 2.56. The van der Waals surface area contributed by atoms with Crippen LogP contribution in [0.3, 0.4) is 0 Å². The molecule has 0 bridgehead atoms. The van der Waals surface area contributed by atoms with E-state index in [2.05, 4.69) is 10.3 Å². The van der Waals surface area contributed by atoms with E-state index in [-0.39, 0.29) is 11.7 Å². The number of carbonyl (C=O) groups is 1. The largest absolute Gasteiger partial charge is 0.306 e. The van der Waals surface area contributed by atoms with Gasteiger partial charge in [-0.15, -0.1) is 0 Å². The Kier molecular flexibility index (Phi) is 3.37. The molecule has 0 spiro atoms. The topological polar surface area (TPSA) is 42.0 Å². The number of nitrogens with zero attached hydrogens (tertiary/aromatic N) is 1. The minimum atomic E-state index is -0.618. The van der Waals surface area contributed by atoms with Crippen molar-refractivity contribution in [3.05, 3.63) is 59.0 Å². The first kappa shape index (κ1) is 12.2. The summed E-state index contributed by atoms with van der Waals surface area (Å²) in [5.74, 6) is -0.706. The SMILES string of the molecule is Cc1ccc(C(=O)Nc2cccc(F)n2)cc1C. The van der Waals surface area contributed by atoms with Gasteiger partial charge in [-0.1, -0.05) is 12.1 Å². The zero-order valence-electron chi connectivity index (χ0n) is 10.2. The van der Waals surface area contributed by atoms with Gasteiger partial charge in [0.25, 0.3) is 5.91 Å². The van der Waals surface area contributed by atoms with Crippen molar-refractivity contribution in [3.8, 4) is 0 Å². The average molecular weight is 244 g/mol. The number of benzene rings is 1. The van der Waals surface area contributed by atoms with E-state index >= 15 is 0 Å². The number of hydrogen-bond donors (Lipinski definition) is 1. The van der Waals surface area contributed by atoms with Crippen LogP contribution in [0.1, 0.15) is 21.5 Å². The molecule has 1 amide bonds. The Hall–Kier alpha value is -2.23. The van der Waals surface area contributed by atoms with Crippen molar-refractivity contribution in [2.75, 3.05) is 5.32 Å². The maximum absolute atomic E-state index is 12.9. The van der Waals surface area contributed by atoms with Gasteiger partial charge < -0.3 is 5.32 Å². The quantitative estimate of drug-likeness (QED) is 0.825. The Balaban J connectivity index is 2.19. The Morgan fingerprint density at radius 3 is 2.61 bits per heavy atom. The van der Waals surface area contributed by atoms with Crippen molar-refractivity contribution in [2.24, 2.45) is 0 Å². The number of anilines is 1. The molecule has 92 valence electrons. The van der Waals surface area contributed by atoms with E-state index in [1.54, 1.807) is 18.2 Å². The average Bonchev–Trinajstić information content (AvgIpc) is 2.32. The first-order chi connectivity index (χ1) is 8.56. The molecule has 0 aliphatic carbocycles. The van der Waals surface area contributed by atoms with Crippen molar-refractivity contribution in [3.63, 3.8) is 0 Å². The molecule has 1 aromatic carbocycles. The first-order valence-corrected chi connectivity index (χ1v) is 5.57. The lowest BCUT2D eigenvalue weighted by molar-refractivity contribution is 0.102. The molecule has 0 saturated carbocycles. The minimum absolute atomic E-state index is 0.207. The number of rotatable bonds is 2. The van der Waals surface area contributed by atoms with Crippen molar-refractivity contribution in [1.82, 2.24) is 4.98 Å². The van der Waals surface area contributed by atoms with Gasteiger partial charge in [-0.05, 0) is 49.2 Å². The van der Waals surface area contributed by atoms with Gasteiger partial charge in [-0.2, -0.15) is 4.39 Å². The highest BCUT2D eigenvalue weighted by atomic mass is 19.1. The molecular weight excluding hydrogens is 231 g/mol. The van der Waals surface area contributed by atoms with Crippen molar-refractivity contribution in [1.29, 1.82) is 0 Å². The van der Waals surface area contributed by atoms with Crippen molar-refractivity contribution < 1.29 is 9.18 Å². The predicted molar refractivity (Wildman–Crippen MR) is 68.1 cm³/mol. The molecule has 3 nitrogen and oxygen atoms in total. The van der Waals surface area contributed by atoms with Gasteiger partial charge in [0.05, 0.1) is 0 Å². The fourth-order valence-corrected chi connectivity index (χ4v) is 1.55. The zero-order valence-corrected chi connectivity index (χ0v) is 10.2. The van der Waals surface area contributed by atoms with Gasteiger partial charge in [-0.25, -0.2) is 4.98 Å². The molecule has 2 rings (SSSR count). The molecule has 1 aromatic heterocycles. The Labute approximate surface area is 105 Å². The molecule has 18 heavy (non-hydrogen) atoms. The van der Waals surface area contributed by atoms with Crippen LogP contribution in [-0.4, -0.2) is 10.9 Å². The molecule has 1 heterocycles. The maximum atomic E-state index is 12.9. The van der Waals surface area contributed by atoms with Crippen molar-refractivity contribution in [2.45, 2.75) is 13.8 Å². The molecule has 0 radical (unpaired) electrons. The van der Waals surface area contributed by atoms with E-state index < -0.39 is 5.95 Å². The van der Waals surface area contributed by atoms with E-state index in [0.717, 1.165) is 11.1 Å². The molecule has 0 atom stereocenters. The van der Waals surface area contributed by atoms with Gasteiger partial charge in [0, 0.05) is 5.56 Å². The molecule has 2 aromatic rings. The summed E-state index contributed by atoms with van der Waals surface area (Å²) in [6.45, 7) is 3.91. The number of aromatic nitrogens is 1. The van der Waals surface area contributed by atoms with Crippen LogP contribution in [-0.2, 0) is 0 Å². The van der Waals surface area contributed by atoms with E-state index in [1.165, 1.54) is 12.1 Å². The standard InChI is InChI=1S/C14H13FN2O/c1-9-6-7-11(8-10(9)2)14(18)17-13-5-3-4-12(15)16-13/h3-8H,1-2H3,(H,16,17,18). The highest BCUT2D eigenvalue weighted by Gasteiger charge is 2.08. The number of halogens is 1. The molecule has 0 fully saturated rings. The van der Waals surface area contributed by atoms with Gasteiger partial charge in [0.2, 0.25) is 5.95 Å². The third kappa shape index (κ3) is 2.71. The second kappa shape index (κ2) is 4.96. The highest BCUT2D eigenvalue weighted by Crippen LogP contribution is 2.12. The fraction of sp³-hybridized carbons (Fsp3) is 0.143. The van der Waals surface area contributed by atoms with Crippen LogP contribution < -0.4 is 5.32 Å². The van der Waals surface area contributed by atoms with Gasteiger partial charge >= 0.3 is 0 Å². The first-order valence-electron chi connectivity index (χ1n) is 5.57. The smallest absolute Gasteiger partial charge is 0.256 e. The van der Waals surface area contributed by atoms with Gasteiger partial charge in [-0.3, -0.25) is 4.79 Å². The van der Waals surface area contributed by atoms with Gasteiger partial charge in [0.15, 0.2) is 0 Å². The van der Waals surface area contributed by atoms with E-state index in [9.17, 15) is 9.18 Å². The molecule has 4 heteroatoms. The number of pyridine rings is 1. The maximum Gasteiger partial charge on any atom is 0.256 e. The predicted octanol–water partition coefficient (Wildman–Crippen LogP) is 3.09. The second-order valence-electron chi connectivity index (χ2n) is 4.10. The lowest BCUT2D eigenvalue weighted by Crippen LogP contribution is -2.13. The summed E-state index contributed by atoms with van der Waals surface area (Å²) < 4.78 is 12.9. The normalized spacial score (nSPS) is 10.2. The van der Waals surface area contributed by atoms with Crippen LogP contribution in [0.2, 0.25) is 0 Å². The molecule has 1 N–H and O–H groups in total. The van der Waals surface area contributed by atoms with Crippen LogP contribution in [0.15, 0.2) is 36.4 Å². The summed E-state index contributed by atoms with van der Waals surface area (Å²) in [5.41, 5.74) is 2.69. The van der Waals surface area contributed by atoms with Crippen LogP contribution >= 0.6 is 0 Å². The van der Waals surface area contributed by atoms with E-state index in [0.29, 0.717) is 5.56 Å². The lowest BCUT2D eigenvalue weighted by atomic mass is 10.1. The van der Waals surface area contributed by atoms with Crippen LogP contribution in [0, 0.1) is 19.8 Å². The number of aryl methyl sites for hydroxylation is 2. The molecule has 0 unspecified atom stereocenters. The van der Waals surface area contributed by atoms with Crippen LogP contribution in [0.25, 0.3) is 0 Å². The third-order valence-electron chi connectivity index (χ3n) is 2.73. The Morgan fingerprint density at radius 2 is 1.94 bits per heavy atom. The van der Waals surface area contributed by atoms with Gasteiger partial charge in [0.1, 0.15) is 5.82 Å². The number of amides is 1. The minimum Gasteiger partial charge on any atom is -0.306 e. The molecule has 0 aliphatic rings. The lowest BCUT2D eigenvalue weighted by Gasteiger charge is -2.06. The molecular formula is C14H13FN2O. The van der Waals surface area contributed by atoms with E-state index in [4.69, 9.17) is 0 Å². The number of nitrogens with one attached hydrogen (secondary N) is 1. The number of hydrogen-bond acceptors (Lipinski definition) is 2. The second-order valence-corrected chi connectivity index (χ2v) is 4.10. The fourth-order valence-electron chi connectivity index (χ4n) is 1.55. The monoisotopic (exact) mass is 244 g/mol. The summed E-state index contributed by atoms with van der Waals surface area (Å²) in [6, 6.07) is 9.68. The summed E-state index contributed by atoms with van der Waals surface area (Å²) in [7, 11) is 0. The Bertz CT molecular complexity index is 596. The van der Waals surface area contributed by atoms with Crippen molar-refractivity contribution >= 4 is 11.7 Å². The summed E-state index contributed by atoms with van der Waals surface area (Å²) >= 11 is 0. The van der Waals surface area contributed by atoms with Crippen LogP contribution in [0.4, 0.5) is 10.2 Å². The summed E-state index contributed by atoms with van der Waals surface area (Å²) in [6.07, 6.45) is 0. The third-order valence-corrected chi connectivity index (χ3v) is 2.73. The van der Waals surface area contributed by atoms with E-state index in [1.807, 2.05) is 19.9 Å². The summed E-state index contributed by atoms with van der Waals surface area (Å²) in [4.78, 5) is 15.5. The van der Waals surface area contributed by atoms with Crippen LogP contribution in [0.5, 0.6) is 0 Å². The zero-order chi connectivity index (χ0) is 13.1. The molecule has 0 aliphatic heterocycles. The number of carbonyl (C=O) groups excluding carboxylic acids is 1. The highest BCUT2D eigenvalue weighted by molar-refractivity contribution is 6.03. The Morgan fingerprint density at radius 1 is 1.17 bits per heavy atom.